The Balaban J connectivity index is 2.33. The molecule has 0 spiro atoms. The molecule has 4 heteroatoms. The van der Waals surface area contributed by atoms with Gasteiger partial charge in [0.1, 0.15) is 5.01 Å². The van der Waals surface area contributed by atoms with E-state index >= 15 is 0 Å². The van der Waals surface area contributed by atoms with Crippen molar-refractivity contribution in [3.63, 3.8) is 0 Å². The van der Waals surface area contributed by atoms with Crippen molar-refractivity contribution in [2.45, 2.75) is 6.42 Å². The van der Waals surface area contributed by atoms with E-state index in [1.165, 1.54) is 0 Å². The molecule has 0 aliphatic rings. The van der Waals surface area contributed by atoms with E-state index in [1.54, 1.807) is 11.3 Å². The second-order valence-corrected chi connectivity index (χ2v) is 5.15. The molecule has 0 fully saturated rings. The van der Waals surface area contributed by atoms with Crippen molar-refractivity contribution in [1.82, 2.24) is 4.98 Å². The van der Waals surface area contributed by atoms with Crippen LogP contribution >= 0.6 is 38.9 Å². The maximum absolute atomic E-state index is 5.68. The molecular formula is C11H9BrClNS. The first-order valence-electron chi connectivity index (χ1n) is 4.56. The average Bonchev–Trinajstić information content (AvgIpc) is 2.68. The molecule has 0 unspecified atom stereocenters. The second kappa shape index (κ2) is 5.10. The highest BCUT2D eigenvalue weighted by Crippen LogP contribution is 2.30. The highest BCUT2D eigenvalue weighted by atomic mass is 79.9. The Kier molecular flexibility index (Phi) is 3.78. The molecule has 0 aliphatic carbocycles. The third kappa shape index (κ3) is 2.60. The van der Waals surface area contributed by atoms with Gasteiger partial charge in [0.15, 0.2) is 0 Å². The minimum Gasteiger partial charge on any atom is -0.241 e. The molecule has 0 bridgehead atoms. The molecule has 0 amide bonds. The van der Waals surface area contributed by atoms with Gasteiger partial charge in [0.2, 0.25) is 0 Å². The van der Waals surface area contributed by atoms with E-state index in [0.717, 1.165) is 27.2 Å². The summed E-state index contributed by atoms with van der Waals surface area (Å²) in [6.45, 7) is 0. The first-order valence-corrected chi connectivity index (χ1v) is 6.77. The summed E-state index contributed by atoms with van der Waals surface area (Å²) < 4.78 is 1.08. The van der Waals surface area contributed by atoms with E-state index < -0.39 is 0 Å². The summed E-state index contributed by atoms with van der Waals surface area (Å²) in [5.41, 5.74) is 2.21. The molecule has 0 atom stereocenters. The van der Waals surface area contributed by atoms with Crippen LogP contribution in [0.1, 0.15) is 5.69 Å². The molecule has 0 aliphatic heterocycles. The van der Waals surface area contributed by atoms with Crippen LogP contribution in [0.15, 0.2) is 34.1 Å². The molecule has 0 N–H and O–H groups in total. The average molecular weight is 303 g/mol. The zero-order chi connectivity index (χ0) is 10.7. The molecule has 0 radical (unpaired) electrons. The number of rotatable bonds is 3. The number of alkyl halides is 1. The van der Waals surface area contributed by atoms with Crippen LogP contribution in [0, 0.1) is 0 Å². The smallest absolute Gasteiger partial charge is 0.124 e. The SMILES string of the molecule is ClCCc1csc(-c2ccccc2Br)n1. The van der Waals surface area contributed by atoms with E-state index in [4.69, 9.17) is 11.6 Å². The molecule has 1 aromatic carbocycles. The molecule has 1 aromatic heterocycles. The van der Waals surface area contributed by atoms with Crippen LogP contribution in [-0.4, -0.2) is 10.9 Å². The van der Waals surface area contributed by atoms with Crippen LogP contribution in [0.25, 0.3) is 10.6 Å². The quantitative estimate of drug-likeness (QED) is 0.768. The van der Waals surface area contributed by atoms with Crippen molar-refractivity contribution in [3.05, 3.63) is 39.8 Å². The predicted octanol–water partition coefficient (Wildman–Crippen LogP) is 4.35. The fraction of sp³-hybridized carbons (Fsp3) is 0.182. The summed E-state index contributed by atoms with van der Waals surface area (Å²) in [5.74, 6) is 0.624. The van der Waals surface area contributed by atoms with E-state index in [1.807, 2.05) is 18.2 Å². The maximum Gasteiger partial charge on any atom is 0.124 e. The third-order valence-corrected chi connectivity index (χ3v) is 3.81. The number of aromatic nitrogens is 1. The Morgan fingerprint density at radius 3 is 2.87 bits per heavy atom. The van der Waals surface area contributed by atoms with Crippen molar-refractivity contribution < 1.29 is 0 Å². The van der Waals surface area contributed by atoms with Crippen molar-refractivity contribution >= 4 is 38.9 Å². The number of hydrogen-bond acceptors (Lipinski definition) is 2. The van der Waals surface area contributed by atoms with Gasteiger partial charge >= 0.3 is 0 Å². The lowest BCUT2D eigenvalue weighted by Crippen LogP contribution is -1.86. The number of halogens is 2. The summed E-state index contributed by atoms with van der Waals surface area (Å²) in [6, 6.07) is 8.11. The van der Waals surface area contributed by atoms with Crippen molar-refractivity contribution in [1.29, 1.82) is 0 Å². The number of thiazole rings is 1. The van der Waals surface area contributed by atoms with Crippen LogP contribution in [0.4, 0.5) is 0 Å². The standard InChI is InChI=1S/C11H9BrClNS/c12-10-4-2-1-3-9(10)11-14-8(5-6-13)7-15-11/h1-4,7H,5-6H2. The molecule has 78 valence electrons. The Labute approximate surface area is 106 Å². The van der Waals surface area contributed by atoms with E-state index in [9.17, 15) is 0 Å². The van der Waals surface area contributed by atoms with Gasteiger partial charge in [0.05, 0.1) is 5.69 Å². The zero-order valence-corrected chi connectivity index (χ0v) is 11.1. The maximum atomic E-state index is 5.68. The van der Waals surface area contributed by atoms with Crippen LogP contribution in [0.2, 0.25) is 0 Å². The van der Waals surface area contributed by atoms with E-state index in [-0.39, 0.29) is 0 Å². The lowest BCUT2D eigenvalue weighted by Gasteiger charge is -1.98. The number of hydrogen-bond donors (Lipinski definition) is 0. The Hall–Kier alpha value is -0.380. The summed E-state index contributed by atoms with van der Waals surface area (Å²) in [5, 5.41) is 3.11. The van der Waals surface area contributed by atoms with Gasteiger partial charge in [-0.1, -0.05) is 34.1 Å². The highest BCUT2D eigenvalue weighted by Gasteiger charge is 2.06. The first-order chi connectivity index (χ1) is 7.31. The van der Waals surface area contributed by atoms with Crippen LogP contribution in [0.3, 0.4) is 0 Å². The number of nitrogens with zero attached hydrogens (tertiary/aromatic N) is 1. The molecule has 1 heterocycles. The monoisotopic (exact) mass is 301 g/mol. The van der Waals surface area contributed by atoms with Crippen LogP contribution < -0.4 is 0 Å². The Morgan fingerprint density at radius 1 is 1.33 bits per heavy atom. The van der Waals surface area contributed by atoms with Gasteiger partial charge in [-0.15, -0.1) is 22.9 Å². The fourth-order valence-corrected chi connectivity index (χ4v) is 2.97. The van der Waals surface area contributed by atoms with Gasteiger partial charge in [-0.25, -0.2) is 4.98 Å². The summed E-state index contributed by atoms with van der Waals surface area (Å²) in [6.07, 6.45) is 0.836. The molecule has 2 aromatic rings. The summed E-state index contributed by atoms with van der Waals surface area (Å²) in [7, 11) is 0. The topological polar surface area (TPSA) is 12.9 Å². The van der Waals surface area contributed by atoms with Gasteiger partial charge in [0.25, 0.3) is 0 Å². The van der Waals surface area contributed by atoms with Crippen LogP contribution in [0.5, 0.6) is 0 Å². The molecular weight excluding hydrogens is 294 g/mol. The Bertz CT molecular complexity index is 455. The van der Waals surface area contributed by atoms with Crippen LogP contribution in [-0.2, 0) is 6.42 Å². The van der Waals surface area contributed by atoms with Gasteiger partial charge in [-0.05, 0) is 6.07 Å². The van der Waals surface area contributed by atoms with E-state index in [2.05, 4.69) is 32.4 Å². The summed E-state index contributed by atoms with van der Waals surface area (Å²) in [4.78, 5) is 4.54. The largest absolute Gasteiger partial charge is 0.241 e. The first kappa shape index (κ1) is 11.1. The molecule has 0 saturated heterocycles. The number of aryl methyl sites for hydroxylation is 1. The third-order valence-electron chi connectivity index (χ3n) is 2.01. The zero-order valence-electron chi connectivity index (χ0n) is 7.91. The van der Waals surface area contributed by atoms with E-state index in [0.29, 0.717) is 5.88 Å². The number of benzene rings is 1. The van der Waals surface area contributed by atoms with Gasteiger partial charge in [-0.3, -0.25) is 0 Å². The Morgan fingerprint density at radius 2 is 2.13 bits per heavy atom. The lowest BCUT2D eigenvalue weighted by molar-refractivity contribution is 1.07. The predicted molar refractivity (Wildman–Crippen MR) is 69.7 cm³/mol. The van der Waals surface area contributed by atoms with Crippen molar-refractivity contribution in [2.24, 2.45) is 0 Å². The lowest BCUT2D eigenvalue weighted by atomic mass is 10.2. The van der Waals surface area contributed by atoms with Crippen molar-refractivity contribution in [3.8, 4) is 10.6 Å². The minimum atomic E-state index is 0.624. The van der Waals surface area contributed by atoms with Gasteiger partial charge in [0, 0.05) is 27.7 Å². The molecule has 1 nitrogen and oxygen atoms in total. The summed E-state index contributed by atoms with van der Waals surface area (Å²) >= 11 is 10.9. The second-order valence-electron chi connectivity index (χ2n) is 3.06. The molecule has 15 heavy (non-hydrogen) atoms. The fourth-order valence-electron chi connectivity index (χ4n) is 1.28. The van der Waals surface area contributed by atoms with Crippen molar-refractivity contribution in [2.75, 3.05) is 5.88 Å². The molecule has 2 rings (SSSR count). The normalized spacial score (nSPS) is 10.5. The van der Waals surface area contributed by atoms with Gasteiger partial charge < -0.3 is 0 Å². The van der Waals surface area contributed by atoms with Gasteiger partial charge in [-0.2, -0.15) is 0 Å². The minimum absolute atomic E-state index is 0.624. The highest BCUT2D eigenvalue weighted by molar-refractivity contribution is 9.10. The molecule has 0 saturated carbocycles.